The summed E-state index contributed by atoms with van der Waals surface area (Å²) in [6.07, 6.45) is 2.80. The fourth-order valence-corrected chi connectivity index (χ4v) is 2.23. The van der Waals surface area contributed by atoms with Gasteiger partial charge in [0.25, 0.3) is 0 Å². The van der Waals surface area contributed by atoms with Crippen LogP contribution in [0.15, 0.2) is 28.8 Å². The smallest absolute Gasteiger partial charge is 0.319 e. The highest BCUT2D eigenvalue weighted by Crippen LogP contribution is 2.38. The summed E-state index contributed by atoms with van der Waals surface area (Å²) in [6.45, 7) is 3.84. The Bertz CT molecular complexity index is 662. The molecule has 1 heterocycles. The van der Waals surface area contributed by atoms with Gasteiger partial charge in [0, 0.05) is 17.6 Å². The molecular formula is C16H20N4O2. The van der Waals surface area contributed by atoms with Crippen molar-refractivity contribution in [2.24, 2.45) is 0 Å². The standard InChI is InChI=1S/C16H20N4O2/c1-10(2)17-16(21)18-13-6-4-3-5-12(13)9-14-19-15(20-22-14)11-7-8-11/h3-6,10-11H,7-9H2,1-2H3,(H2,17,18,21). The van der Waals surface area contributed by atoms with Crippen LogP contribution in [0.2, 0.25) is 0 Å². The minimum atomic E-state index is -0.216. The Morgan fingerprint density at radius 3 is 2.86 bits per heavy atom. The van der Waals surface area contributed by atoms with Crippen molar-refractivity contribution in [3.63, 3.8) is 0 Å². The average Bonchev–Trinajstić information content (AvgIpc) is 3.21. The van der Waals surface area contributed by atoms with Gasteiger partial charge in [0.1, 0.15) is 0 Å². The summed E-state index contributed by atoms with van der Waals surface area (Å²) in [6, 6.07) is 7.51. The summed E-state index contributed by atoms with van der Waals surface area (Å²) < 4.78 is 5.30. The van der Waals surface area contributed by atoms with E-state index in [1.165, 1.54) is 0 Å². The molecule has 22 heavy (non-hydrogen) atoms. The summed E-state index contributed by atoms with van der Waals surface area (Å²) in [7, 11) is 0. The number of para-hydroxylation sites is 1. The Hall–Kier alpha value is -2.37. The van der Waals surface area contributed by atoms with Crippen molar-refractivity contribution in [2.75, 3.05) is 5.32 Å². The first-order chi connectivity index (χ1) is 10.6. The first-order valence-corrected chi connectivity index (χ1v) is 7.59. The zero-order valence-corrected chi connectivity index (χ0v) is 12.8. The van der Waals surface area contributed by atoms with Gasteiger partial charge in [0.15, 0.2) is 5.82 Å². The molecule has 0 spiro atoms. The van der Waals surface area contributed by atoms with E-state index in [0.717, 1.165) is 29.9 Å². The molecule has 2 amide bonds. The highest BCUT2D eigenvalue weighted by Gasteiger charge is 2.28. The van der Waals surface area contributed by atoms with Crippen LogP contribution in [0.3, 0.4) is 0 Å². The maximum atomic E-state index is 11.9. The summed E-state index contributed by atoms with van der Waals surface area (Å²) in [5.74, 6) is 1.86. The van der Waals surface area contributed by atoms with E-state index in [1.807, 2.05) is 38.1 Å². The molecule has 1 aromatic heterocycles. The Morgan fingerprint density at radius 2 is 2.14 bits per heavy atom. The molecule has 0 atom stereocenters. The number of hydrogen-bond donors (Lipinski definition) is 2. The number of benzene rings is 1. The number of nitrogens with zero attached hydrogens (tertiary/aromatic N) is 2. The molecule has 116 valence electrons. The molecule has 1 aliphatic rings. The Morgan fingerprint density at radius 1 is 1.36 bits per heavy atom. The van der Waals surface area contributed by atoms with Gasteiger partial charge in [-0.1, -0.05) is 23.4 Å². The minimum Gasteiger partial charge on any atom is -0.339 e. The van der Waals surface area contributed by atoms with Gasteiger partial charge in [-0.15, -0.1) is 0 Å². The van der Waals surface area contributed by atoms with E-state index in [0.29, 0.717) is 18.2 Å². The van der Waals surface area contributed by atoms with Crippen LogP contribution in [0.4, 0.5) is 10.5 Å². The van der Waals surface area contributed by atoms with E-state index >= 15 is 0 Å². The maximum Gasteiger partial charge on any atom is 0.319 e. The van der Waals surface area contributed by atoms with E-state index in [-0.39, 0.29) is 12.1 Å². The molecule has 3 rings (SSSR count). The summed E-state index contributed by atoms with van der Waals surface area (Å²) in [5, 5.41) is 9.69. The van der Waals surface area contributed by atoms with Gasteiger partial charge in [0.05, 0.1) is 6.42 Å². The minimum absolute atomic E-state index is 0.0872. The van der Waals surface area contributed by atoms with Crippen LogP contribution in [0.1, 0.15) is 49.9 Å². The van der Waals surface area contributed by atoms with Gasteiger partial charge < -0.3 is 15.2 Å². The van der Waals surface area contributed by atoms with Gasteiger partial charge in [-0.2, -0.15) is 4.98 Å². The molecule has 2 N–H and O–H groups in total. The number of rotatable bonds is 5. The lowest BCUT2D eigenvalue weighted by Gasteiger charge is -2.12. The first kappa shape index (κ1) is 14.6. The van der Waals surface area contributed by atoms with Crippen LogP contribution < -0.4 is 10.6 Å². The average molecular weight is 300 g/mol. The highest BCUT2D eigenvalue weighted by atomic mass is 16.5. The summed E-state index contributed by atoms with van der Waals surface area (Å²) in [4.78, 5) is 16.3. The molecule has 6 heteroatoms. The molecule has 0 saturated heterocycles. The largest absolute Gasteiger partial charge is 0.339 e. The third kappa shape index (κ3) is 3.63. The van der Waals surface area contributed by atoms with Crippen molar-refractivity contribution in [1.29, 1.82) is 0 Å². The van der Waals surface area contributed by atoms with Gasteiger partial charge in [0.2, 0.25) is 5.89 Å². The fourth-order valence-electron chi connectivity index (χ4n) is 2.23. The number of aromatic nitrogens is 2. The van der Waals surface area contributed by atoms with Gasteiger partial charge in [-0.3, -0.25) is 0 Å². The van der Waals surface area contributed by atoms with Crippen molar-refractivity contribution >= 4 is 11.7 Å². The van der Waals surface area contributed by atoms with Crippen LogP contribution in [0.25, 0.3) is 0 Å². The second-order valence-electron chi connectivity index (χ2n) is 5.91. The number of amides is 2. The quantitative estimate of drug-likeness (QED) is 0.889. The van der Waals surface area contributed by atoms with Gasteiger partial charge in [-0.05, 0) is 38.3 Å². The molecule has 0 radical (unpaired) electrons. The highest BCUT2D eigenvalue weighted by molar-refractivity contribution is 5.90. The van der Waals surface area contributed by atoms with Crippen molar-refractivity contribution in [1.82, 2.24) is 15.5 Å². The number of hydrogen-bond acceptors (Lipinski definition) is 4. The summed E-state index contributed by atoms with van der Waals surface area (Å²) in [5.41, 5.74) is 1.71. The fraction of sp³-hybridized carbons (Fsp3) is 0.438. The van der Waals surface area contributed by atoms with Gasteiger partial charge in [-0.25, -0.2) is 4.79 Å². The predicted octanol–water partition coefficient (Wildman–Crippen LogP) is 3.07. The lowest BCUT2D eigenvalue weighted by Crippen LogP contribution is -2.34. The first-order valence-electron chi connectivity index (χ1n) is 7.59. The van der Waals surface area contributed by atoms with E-state index in [1.54, 1.807) is 0 Å². The van der Waals surface area contributed by atoms with Crippen LogP contribution in [0.5, 0.6) is 0 Å². The van der Waals surface area contributed by atoms with Crippen molar-refractivity contribution in [2.45, 2.75) is 45.1 Å². The number of urea groups is 1. The predicted molar refractivity (Wildman–Crippen MR) is 82.8 cm³/mol. The van der Waals surface area contributed by atoms with Crippen LogP contribution in [0, 0.1) is 0 Å². The molecular weight excluding hydrogens is 280 g/mol. The van der Waals surface area contributed by atoms with Crippen LogP contribution >= 0.6 is 0 Å². The van der Waals surface area contributed by atoms with E-state index < -0.39 is 0 Å². The molecule has 1 aliphatic carbocycles. The lowest BCUT2D eigenvalue weighted by atomic mass is 10.1. The zero-order chi connectivity index (χ0) is 15.5. The molecule has 0 unspecified atom stereocenters. The van der Waals surface area contributed by atoms with Crippen molar-refractivity contribution < 1.29 is 9.32 Å². The third-order valence-electron chi connectivity index (χ3n) is 3.45. The molecule has 2 aromatic rings. The Kier molecular flexibility index (Phi) is 4.09. The zero-order valence-electron chi connectivity index (χ0n) is 12.8. The summed E-state index contributed by atoms with van der Waals surface area (Å²) >= 11 is 0. The molecule has 0 bridgehead atoms. The lowest BCUT2D eigenvalue weighted by molar-refractivity contribution is 0.250. The molecule has 1 fully saturated rings. The second-order valence-corrected chi connectivity index (χ2v) is 5.91. The van der Waals surface area contributed by atoms with Gasteiger partial charge >= 0.3 is 6.03 Å². The molecule has 1 saturated carbocycles. The van der Waals surface area contributed by atoms with Crippen LogP contribution in [-0.4, -0.2) is 22.2 Å². The second kappa shape index (κ2) is 6.17. The topological polar surface area (TPSA) is 80.0 Å². The van der Waals surface area contributed by atoms with E-state index in [2.05, 4.69) is 20.8 Å². The van der Waals surface area contributed by atoms with E-state index in [4.69, 9.17) is 4.52 Å². The monoisotopic (exact) mass is 300 g/mol. The third-order valence-corrected chi connectivity index (χ3v) is 3.45. The maximum absolute atomic E-state index is 11.9. The molecule has 1 aromatic carbocycles. The Labute approximate surface area is 129 Å². The number of carbonyl (C=O) groups is 1. The van der Waals surface area contributed by atoms with Crippen LogP contribution in [-0.2, 0) is 6.42 Å². The number of anilines is 1. The molecule has 0 aliphatic heterocycles. The SMILES string of the molecule is CC(C)NC(=O)Nc1ccccc1Cc1nc(C2CC2)no1. The van der Waals surface area contributed by atoms with E-state index in [9.17, 15) is 4.79 Å². The van der Waals surface area contributed by atoms with Crippen molar-refractivity contribution in [3.05, 3.63) is 41.5 Å². The van der Waals surface area contributed by atoms with Crippen molar-refractivity contribution in [3.8, 4) is 0 Å². The number of carbonyl (C=O) groups excluding carboxylic acids is 1. The normalized spacial score (nSPS) is 14.1. The Balaban J connectivity index is 1.71. The molecule has 6 nitrogen and oxygen atoms in total. The number of nitrogens with one attached hydrogen (secondary N) is 2.